The molecule has 1 saturated carbocycles. The van der Waals surface area contributed by atoms with Gasteiger partial charge in [0, 0.05) is 16.3 Å². The van der Waals surface area contributed by atoms with Crippen molar-refractivity contribution in [3.8, 4) is 5.75 Å². The van der Waals surface area contributed by atoms with E-state index in [-0.39, 0.29) is 16.5 Å². The number of benzene rings is 2. The number of thioether (sulfide) groups is 1. The summed E-state index contributed by atoms with van der Waals surface area (Å²) in [4.78, 5) is 15.7. The number of phenolic OH excluding ortho intramolecular Hbond substituents is 1. The molecule has 5 heteroatoms. The first-order chi connectivity index (χ1) is 12.6. The molecule has 1 saturated heterocycles. The Bertz CT molecular complexity index is 857. The number of hydrogen-bond donors (Lipinski definition) is 1. The molecule has 26 heavy (non-hydrogen) atoms. The minimum atomic E-state index is -0.237. The summed E-state index contributed by atoms with van der Waals surface area (Å²) in [6, 6.07) is 14.6. The zero-order chi connectivity index (χ0) is 18.1. The summed E-state index contributed by atoms with van der Waals surface area (Å²) < 4.78 is 0. The Hall–Kier alpha value is -1.91. The van der Waals surface area contributed by atoms with Crippen molar-refractivity contribution in [3.05, 3.63) is 64.0 Å². The molecule has 4 rings (SSSR count). The highest BCUT2D eigenvalue weighted by molar-refractivity contribution is 8.06. The first-order valence-electron chi connectivity index (χ1n) is 8.88. The number of para-hydroxylation sites is 1. The summed E-state index contributed by atoms with van der Waals surface area (Å²) >= 11 is 7.68. The zero-order valence-electron chi connectivity index (χ0n) is 14.3. The molecule has 1 spiro atoms. The van der Waals surface area contributed by atoms with Crippen LogP contribution in [0.4, 0.5) is 5.69 Å². The van der Waals surface area contributed by atoms with Crippen LogP contribution >= 0.6 is 23.4 Å². The number of hydrogen-bond acceptors (Lipinski definition) is 3. The lowest BCUT2D eigenvalue weighted by Gasteiger charge is -2.40. The SMILES string of the molecule is O=C1C(=Cc2ccccc2O)SC2(CCCCC2)N1c1ccc(Cl)cc1. The van der Waals surface area contributed by atoms with Crippen LogP contribution in [-0.2, 0) is 4.79 Å². The maximum absolute atomic E-state index is 13.3. The van der Waals surface area contributed by atoms with Gasteiger partial charge < -0.3 is 5.11 Å². The van der Waals surface area contributed by atoms with E-state index in [0.29, 0.717) is 15.5 Å². The van der Waals surface area contributed by atoms with E-state index in [0.717, 1.165) is 31.4 Å². The van der Waals surface area contributed by atoms with Crippen LogP contribution in [0.25, 0.3) is 6.08 Å². The number of phenols is 1. The van der Waals surface area contributed by atoms with Crippen LogP contribution in [0, 0.1) is 0 Å². The monoisotopic (exact) mass is 385 g/mol. The van der Waals surface area contributed by atoms with Crippen molar-refractivity contribution in [2.45, 2.75) is 37.0 Å². The lowest BCUT2D eigenvalue weighted by atomic mass is 9.93. The van der Waals surface area contributed by atoms with Crippen molar-refractivity contribution < 1.29 is 9.90 Å². The number of rotatable bonds is 2. The largest absolute Gasteiger partial charge is 0.507 e. The maximum Gasteiger partial charge on any atom is 0.265 e. The molecule has 0 bridgehead atoms. The molecule has 1 aliphatic carbocycles. The van der Waals surface area contributed by atoms with Gasteiger partial charge in [-0.15, -0.1) is 0 Å². The van der Waals surface area contributed by atoms with Gasteiger partial charge in [0.05, 0.1) is 9.78 Å². The molecular formula is C21H20ClNO2S. The van der Waals surface area contributed by atoms with Crippen LogP contribution < -0.4 is 4.90 Å². The molecule has 134 valence electrons. The van der Waals surface area contributed by atoms with Crippen LogP contribution in [0.15, 0.2) is 53.4 Å². The average molecular weight is 386 g/mol. The summed E-state index contributed by atoms with van der Waals surface area (Å²) in [6.07, 6.45) is 7.22. The van der Waals surface area contributed by atoms with Gasteiger partial charge in [-0.1, -0.05) is 60.8 Å². The third-order valence-corrected chi connectivity index (χ3v) is 6.80. The predicted molar refractivity (Wildman–Crippen MR) is 108 cm³/mol. The molecule has 0 aromatic heterocycles. The van der Waals surface area contributed by atoms with E-state index in [9.17, 15) is 9.90 Å². The number of amides is 1. The molecule has 2 aromatic carbocycles. The molecule has 3 nitrogen and oxygen atoms in total. The maximum atomic E-state index is 13.3. The van der Waals surface area contributed by atoms with Crippen molar-refractivity contribution in [1.82, 2.24) is 0 Å². The predicted octanol–water partition coefficient (Wildman–Crippen LogP) is 5.83. The molecule has 2 aromatic rings. The van der Waals surface area contributed by atoms with Crippen LogP contribution in [0.5, 0.6) is 5.75 Å². The minimum absolute atomic E-state index is 0.00229. The summed E-state index contributed by atoms with van der Waals surface area (Å²) in [6.45, 7) is 0. The molecule has 0 radical (unpaired) electrons. The fraction of sp³-hybridized carbons (Fsp3) is 0.286. The number of carbonyl (C=O) groups is 1. The Labute approximate surface area is 162 Å². The van der Waals surface area contributed by atoms with Gasteiger partial charge in [-0.25, -0.2) is 0 Å². The minimum Gasteiger partial charge on any atom is -0.507 e. The second-order valence-corrected chi connectivity index (χ2v) is 8.63. The highest BCUT2D eigenvalue weighted by Crippen LogP contribution is 2.54. The van der Waals surface area contributed by atoms with E-state index in [2.05, 4.69) is 0 Å². The molecule has 1 heterocycles. The Morgan fingerprint density at radius 2 is 1.73 bits per heavy atom. The Kier molecular flexibility index (Phi) is 4.72. The highest BCUT2D eigenvalue weighted by atomic mass is 35.5. The molecule has 0 unspecified atom stereocenters. The molecule has 1 N–H and O–H groups in total. The average Bonchev–Trinajstić information content (AvgIpc) is 2.90. The molecule has 1 aliphatic heterocycles. The number of nitrogens with zero attached hydrogens (tertiary/aromatic N) is 1. The molecule has 1 amide bonds. The van der Waals surface area contributed by atoms with Gasteiger partial charge in [0.2, 0.25) is 0 Å². The fourth-order valence-electron chi connectivity index (χ4n) is 3.80. The first-order valence-corrected chi connectivity index (χ1v) is 10.1. The van der Waals surface area contributed by atoms with Crippen LogP contribution in [-0.4, -0.2) is 15.9 Å². The van der Waals surface area contributed by atoms with Gasteiger partial charge >= 0.3 is 0 Å². The summed E-state index contributed by atoms with van der Waals surface area (Å²) in [5, 5.41) is 10.7. The highest BCUT2D eigenvalue weighted by Gasteiger charge is 2.50. The van der Waals surface area contributed by atoms with Crippen molar-refractivity contribution in [2.24, 2.45) is 0 Å². The van der Waals surface area contributed by atoms with Crippen molar-refractivity contribution in [2.75, 3.05) is 4.90 Å². The molecule has 2 fully saturated rings. The van der Waals surface area contributed by atoms with E-state index in [4.69, 9.17) is 11.6 Å². The van der Waals surface area contributed by atoms with E-state index in [1.807, 2.05) is 47.4 Å². The fourth-order valence-corrected chi connectivity index (χ4v) is 5.48. The van der Waals surface area contributed by atoms with E-state index in [1.165, 1.54) is 6.42 Å². The number of anilines is 1. The van der Waals surface area contributed by atoms with Crippen LogP contribution in [0.3, 0.4) is 0 Å². The summed E-state index contributed by atoms with van der Waals surface area (Å²) in [5.41, 5.74) is 1.56. The van der Waals surface area contributed by atoms with Crippen molar-refractivity contribution in [3.63, 3.8) is 0 Å². The summed E-state index contributed by atoms with van der Waals surface area (Å²) in [5.74, 6) is 0.193. The quantitative estimate of drug-likeness (QED) is 0.661. The van der Waals surface area contributed by atoms with Gasteiger partial charge in [0.1, 0.15) is 5.75 Å². The van der Waals surface area contributed by atoms with E-state index in [1.54, 1.807) is 23.9 Å². The Morgan fingerprint density at radius 3 is 2.42 bits per heavy atom. The standard InChI is InChI=1S/C21H20ClNO2S/c22-16-8-10-17(11-9-16)23-20(25)19(14-15-6-2-3-7-18(15)24)26-21(23)12-4-1-5-13-21/h2-3,6-11,14,24H,1,4-5,12-13H2. The van der Waals surface area contributed by atoms with Crippen molar-refractivity contribution in [1.29, 1.82) is 0 Å². The second kappa shape index (κ2) is 7.01. The smallest absolute Gasteiger partial charge is 0.265 e. The topological polar surface area (TPSA) is 40.5 Å². The number of aromatic hydroxyl groups is 1. The van der Waals surface area contributed by atoms with Crippen LogP contribution in [0.2, 0.25) is 5.02 Å². The van der Waals surface area contributed by atoms with Gasteiger partial charge in [0.25, 0.3) is 5.91 Å². The van der Waals surface area contributed by atoms with Gasteiger partial charge in [0.15, 0.2) is 0 Å². The lowest BCUT2D eigenvalue weighted by molar-refractivity contribution is -0.114. The molecular weight excluding hydrogens is 366 g/mol. The van der Waals surface area contributed by atoms with Crippen LogP contribution in [0.1, 0.15) is 37.7 Å². The third-order valence-electron chi connectivity index (χ3n) is 5.06. The van der Waals surface area contributed by atoms with Gasteiger partial charge in [-0.2, -0.15) is 0 Å². The lowest BCUT2D eigenvalue weighted by Crippen LogP contribution is -2.45. The number of carbonyl (C=O) groups excluding carboxylic acids is 1. The third kappa shape index (κ3) is 3.12. The Balaban J connectivity index is 1.77. The normalized spacial score (nSPS) is 20.9. The van der Waals surface area contributed by atoms with E-state index >= 15 is 0 Å². The van der Waals surface area contributed by atoms with Gasteiger partial charge in [-0.3, -0.25) is 9.69 Å². The first kappa shape index (κ1) is 17.5. The Morgan fingerprint density at radius 1 is 1.04 bits per heavy atom. The summed E-state index contributed by atoms with van der Waals surface area (Å²) in [7, 11) is 0. The second-order valence-electron chi connectivity index (χ2n) is 6.79. The molecule has 2 aliphatic rings. The van der Waals surface area contributed by atoms with E-state index < -0.39 is 0 Å². The van der Waals surface area contributed by atoms with Gasteiger partial charge in [-0.05, 0) is 49.2 Å². The number of halogens is 1. The zero-order valence-corrected chi connectivity index (χ0v) is 15.9. The van der Waals surface area contributed by atoms with Crippen molar-refractivity contribution >= 4 is 41.0 Å². The molecule has 0 atom stereocenters.